The summed E-state index contributed by atoms with van der Waals surface area (Å²) in [5.74, 6) is 0. The molecule has 0 aliphatic carbocycles. The molecule has 1 rings (SSSR count). The molecule has 0 fully saturated rings. The Morgan fingerprint density at radius 1 is 0.600 bits per heavy atom. The van der Waals surface area contributed by atoms with Crippen molar-refractivity contribution in [3.8, 4) is 0 Å². The number of hydrogen-bond donors (Lipinski definition) is 0. The maximum absolute atomic E-state index is 6.06. The molecule has 0 saturated carbocycles. The molecular formula is C23H42O6Si. The van der Waals surface area contributed by atoms with Crippen LogP contribution in [-0.2, 0) is 34.7 Å². The van der Waals surface area contributed by atoms with Crippen LogP contribution in [0.2, 0.25) is 18.1 Å². The fraction of sp³-hybridized carbons (Fsp3) is 0.739. The second kappa shape index (κ2) is 15.9. The molecule has 0 aliphatic rings. The third-order valence-corrected chi connectivity index (χ3v) is 9.63. The lowest BCUT2D eigenvalue weighted by molar-refractivity contribution is -0.0142. The highest BCUT2D eigenvalue weighted by molar-refractivity contribution is 6.74. The Hall–Kier alpha value is -0.803. The van der Waals surface area contributed by atoms with Gasteiger partial charge in [-0.1, -0.05) is 51.1 Å². The van der Waals surface area contributed by atoms with E-state index in [1.165, 1.54) is 5.56 Å². The van der Waals surface area contributed by atoms with Gasteiger partial charge in [-0.05, 0) is 23.7 Å². The van der Waals surface area contributed by atoms with Crippen molar-refractivity contribution in [3.63, 3.8) is 0 Å². The van der Waals surface area contributed by atoms with E-state index in [2.05, 4.69) is 33.9 Å². The highest BCUT2D eigenvalue weighted by Gasteiger charge is 2.36. The molecule has 0 saturated heterocycles. The van der Waals surface area contributed by atoms with Crippen LogP contribution in [0.3, 0.4) is 0 Å². The van der Waals surface area contributed by atoms with Gasteiger partial charge in [0, 0.05) is 0 Å². The Labute approximate surface area is 184 Å². The van der Waals surface area contributed by atoms with Crippen LogP contribution in [-0.4, -0.2) is 74.4 Å². The molecule has 0 unspecified atom stereocenters. The van der Waals surface area contributed by atoms with Gasteiger partial charge in [0.15, 0.2) is 8.32 Å². The Morgan fingerprint density at radius 2 is 1.00 bits per heavy atom. The van der Waals surface area contributed by atoms with Crippen LogP contribution in [0.25, 0.3) is 0 Å². The minimum atomic E-state index is -1.67. The molecule has 174 valence electrons. The molecule has 7 heteroatoms. The van der Waals surface area contributed by atoms with Crippen LogP contribution in [0, 0.1) is 0 Å². The lowest BCUT2D eigenvalue weighted by Crippen LogP contribution is -2.41. The predicted molar refractivity (Wildman–Crippen MR) is 123 cm³/mol. The van der Waals surface area contributed by atoms with Crippen molar-refractivity contribution in [1.82, 2.24) is 0 Å². The van der Waals surface area contributed by atoms with E-state index in [0.717, 1.165) is 0 Å². The van der Waals surface area contributed by atoms with Crippen molar-refractivity contribution in [2.75, 3.05) is 66.1 Å². The van der Waals surface area contributed by atoms with E-state index in [1.54, 1.807) is 0 Å². The van der Waals surface area contributed by atoms with Gasteiger partial charge in [-0.25, -0.2) is 0 Å². The third-order valence-electron chi connectivity index (χ3n) is 5.10. The molecule has 0 aliphatic heterocycles. The van der Waals surface area contributed by atoms with Gasteiger partial charge in [-0.15, -0.1) is 0 Å². The first-order valence-electron chi connectivity index (χ1n) is 10.9. The summed E-state index contributed by atoms with van der Waals surface area (Å²) in [7, 11) is -1.67. The average Bonchev–Trinajstić information content (AvgIpc) is 2.70. The molecule has 0 aromatic heterocycles. The minimum Gasteiger partial charge on any atom is -0.414 e. The molecule has 0 radical (unpaired) electrons. The summed E-state index contributed by atoms with van der Waals surface area (Å²) in [5.41, 5.74) is 1.17. The van der Waals surface area contributed by atoms with Crippen LogP contribution < -0.4 is 0 Å². The Bertz CT molecular complexity index is 518. The predicted octanol–water partition coefficient (Wildman–Crippen LogP) is 4.29. The second-order valence-electron chi connectivity index (χ2n) is 8.60. The zero-order valence-corrected chi connectivity index (χ0v) is 20.6. The monoisotopic (exact) mass is 442 g/mol. The van der Waals surface area contributed by atoms with Crippen molar-refractivity contribution in [2.45, 2.75) is 45.5 Å². The van der Waals surface area contributed by atoms with Crippen molar-refractivity contribution in [1.29, 1.82) is 0 Å². The standard InChI is InChI=1S/C23H42O6Si/c1-23(2,3)30(4,5)29-20-19-27-16-15-25-12-11-24-13-14-26-17-18-28-21-22-9-7-6-8-10-22/h6-10H,11-21H2,1-5H3. The van der Waals surface area contributed by atoms with Crippen LogP contribution in [0.1, 0.15) is 26.3 Å². The number of benzene rings is 1. The Morgan fingerprint density at radius 3 is 1.43 bits per heavy atom. The zero-order valence-electron chi connectivity index (χ0n) is 19.6. The molecule has 0 spiro atoms. The summed E-state index contributed by atoms with van der Waals surface area (Å²) < 4.78 is 33.6. The van der Waals surface area contributed by atoms with E-state index in [4.69, 9.17) is 28.1 Å². The van der Waals surface area contributed by atoms with Crippen LogP contribution in [0.5, 0.6) is 0 Å². The van der Waals surface area contributed by atoms with Crippen molar-refractivity contribution >= 4 is 8.32 Å². The lowest BCUT2D eigenvalue weighted by Gasteiger charge is -2.36. The van der Waals surface area contributed by atoms with Gasteiger partial charge in [0.25, 0.3) is 0 Å². The van der Waals surface area contributed by atoms with Gasteiger partial charge in [0.1, 0.15) is 0 Å². The van der Waals surface area contributed by atoms with Crippen LogP contribution in [0.4, 0.5) is 0 Å². The van der Waals surface area contributed by atoms with E-state index in [0.29, 0.717) is 72.7 Å². The first kappa shape index (κ1) is 27.2. The van der Waals surface area contributed by atoms with Crippen LogP contribution >= 0.6 is 0 Å². The maximum atomic E-state index is 6.06. The van der Waals surface area contributed by atoms with E-state index < -0.39 is 8.32 Å². The van der Waals surface area contributed by atoms with Crippen molar-refractivity contribution in [3.05, 3.63) is 35.9 Å². The van der Waals surface area contributed by atoms with Gasteiger partial charge in [0.05, 0.1) is 72.7 Å². The first-order valence-corrected chi connectivity index (χ1v) is 13.8. The third kappa shape index (κ3) is 13.5. The summed E-state index contributed by atoms with van der Waals surface area (Å²) in [6.45, 7) is 17.6. The fourth-order valence-corrected chi connectivity index (χ4v) is 3.24. The minimum absolute atomic E-state index is 0.233. The topological polar surface area (TPSA) is 55.4 Å². The summed E-state index contributed by atoms with van der Waals surface area (Å²) in [6.07, 6.45) is 0. The quantitative estimate of drug-likeness (QED) is 0.250. The first-order chi connectivity index (χ1) is 14.3. The Balaban J connectivity index is 1.76. The zero-order chi connectivity index (χ0) is 22.1. The molecule has 1 aromatic rings. The summed E-state index contributed by atoms with van der Waals surface area (Å²) in [5, 5.41) is 0.233. The summed E-state index contributed by atoms with van der Waals surface area (Å²) >= 11 is 0. The molecule has 1 aromatic carbocycles. The highest BCUT2D eigenvalue weighted by Crippen LogP contribution is 2.36. The molecule has 0 atom stereocenters. The number of rotatable bonds is 18. The largest absolute Gasteiger partial charge is 0.414 e. The van der Waals surface area contributed by atoms with Crippen LogP contribution in [0.15, 0.2) is 30.3 Å². The van der Waals surface area contributed by atoms with Crippen molar-refractivity contribution in [2.24, 2.45) is 0 Å². The van der Waals surface area contributed by atoms with Gasteiger partial charge in [-0.3, -0.25) is 0 Å². The van der Waals surface area contributed by atoms with E-state index in [9.17, 15) is 0 Å². The van der Waals surface area contributed by atoms with E-state index in [1.807, 2.05) is 30.3 Å². The number of hydrogen-bond acceptors (Lipinski definition) is 6. The van der Waals surface area contributed by atoms with Crippen molar-refractivity contribution < 1.29 is 28.1 Å². The van der Waals surface area contributed by atoms with E-state index >= 15 is 0 Å². The normalized spacial score (nSPS) is 12.4. The number of ether oxygens (including phenoxy) is 5. The molecule has 0 N–H and O–H groups in total. The lowest BCUT2D eigenvalue weighted by atomic mass is 10.2. The highest BCUT2D eigenvalue weighted by atomic mass is 28.4. The molecule has 0 bridgehead atoms. The summed E-state index contributed by atoms with van der Waals surface area (Å²) in [6, 6.07) is 10.1. The molecular weight excluding hydrogens is 400 g/mol. The second-order valence-corrected chi connectivity index (χ2v) is 13.4. The summed E-state index contributed by atoms with van der Waals surface area (Å²) in [4.78, 5) is 0. The maximum Gasteiger partial charge on any atom is 0.192 e. The molecule has 6 nitrogen and oxygen atoms in total. The Kier molecular flexibility index (Phi) is 14.4. The van der Waals surface area contributed by atoms with E-state index in [-0.39, 0.29) is 5.04 Å². The van der Waals surface area contributed by atoms with Gasteiger partial charge >= 0.3 is 0 Å². The molecule has 0 heterocycles. The van der Waals surface area contributed by atoms with Gasteiger partial charge < -0.3 is 28.1 Å². The van der Waals surface area contributed by atoms with Gasteiger partial charge in [0.2, 0.25) is 0 Å². The SMILES string of the molecule is CC(C)(C)[Si](C)(C)OCCOCCOCCOCCOCCOCc1ccccc1. The average molecular weight is 443 g/mol. The van der Waals surface area contributed by atoms with Gasteiger partial charge in [-0.2, -0.15) is 0 Å². The fourth-order valence-electron chi connectivity index (χ4n) is 2.22. The molecule has 30 heavy (non-hydrogen) atoms. The molecule has 0 amide bonds. The smallest absolute Gasteiger partial charge is 0.192 e.